The summed E-state index contributed by atoms with van der Waals surface area (Å²) in [7, 11) is 1.58. The second kappa shape index (κ2) is 8.11. The second-order valence-electron chi connectivity index (χ2n) is 8.05. The first-order chi connectivity index (χ1) is 15.5. The van der Waals surface area contributed by atoms with Crippen molar-refractivity contribution in [3.05, 3.63) is 47.2 Å². The van der Waals surface area contributed by atoms with Crippen LogP contribution in [-0.2, 0) is 9.47 Å². The number of nitrogens with one attached hydrogen (secondary N) is 1. The third kappa shape index (κ3) is 3.59. The molecule has 2 saturated heterocycles. The fraction of sp³-hybridized carbons (Fsp3) is 0.348. The molecule has 1 spiro atoms. The van der Waals surface area contributed by atoms with Gasteiger partial charge in [-0.3, -0.25) is 4.90 Å². The summed E-state index contributed by atoms with van der Waals surface area (Å²) in [5.74, 6) is 1.15. The molecule has 0 saturated carbocycles. The zero-order valence-electron chi connectivity index (χ0n) is 17.9. The Morgan fingerprint density at radius 1 is 1.22 bits per heavy atom. The predicted octanol–water partition coefficient (Wildman–Crippen LogP) is 4.85. The van der Waals surface area contributed by atoms with Crippen LogP contribution in [0.25, 0.3) is 10.9 Å². The number of hydrogen-bond acceptors (Lipinski definition) is 7. The van der Waals surface area contributed by atoms with E-state index in [0.29, 0.717) is 60.4 Å². The minimum atomic E-state index is -0.526. The SMILES string of the molecule is COc1cc2ncnc(Nc3cccc(Cl)c3C)c2cc1N1CC2(CCOCC2)OC1=O. The van der Waals surface area contributed by atoms with Crippen LogP contribution in [0.4, 0.5) is 22.0 Å². The molecule has 32 heavy (non-hydrogen) atoms. The quantitative estimate of drug-likeness (QED) is 0.603. The van der Waals surface area contributed by atoms with Crippen molar-refractivity contribution in [2.24, 2.45) is 0 Å². The molecule has 1 aromatic heterocycles. The highest BCUT2D eigenvalue weighted by atomic mass is 35.5. The molecule has 1 amide bonds. The summed E-state index contributed by atoms with van der Waals surface area (Å²) < 4.78 is 16.9. The Balaban J connectivity index is 1.57. The van der Waals surface area contributed by atoms with E-state index < -0.39 is 5.60 Å². The van der Waals surface area contributed by atoms with Crippen LogP contribution in [0.15, 0.2) is 36.7 Å². The normalized spacial score (nSPS) is 17.6. The molecule has 0 aliphatic carbocycles. The zero-order chi connectivity index (χ0) is 22.3. The molecule has 9 heteroatoms. The predicted molar refractivity (Wildman–Crippen MR) is 122 cm³/mol. The van der Waals surface area contributed by atoms with Crippen molar-refractivity contribution >= 4 is 45.8 Å². The summed E-state index contributed by atoms with van der Waals surface area (Å²) in [4.78, 5) is 23.3. The Morgan fingerprint density at radius 2 is 2.03 bits per heavy atom. The lowest BCUT2D eigenvalue weighted by Gasteiger charge is -2.30. The fourth-order valence-electron chi connectivity index (χ4n) is 4.23. The Hall–Kier alpha value is -3.10. The Bertz CT molecular complexity index is 1200. The van der Waals surface area contributed by atoms with Crippen LogP contribution < -0.4 is 15.0 Å². The molecule has 0 radical (unpaired) electrons. The lowest BCUT2D eigenvalue weighted by molar-refractivity contribution is -0.0431. The van der Waals surface area contributed by atoms with Gasteiger partial charge in [0.15, 0.2) is 0 Å². The number of amides is 1. The summed E-state index contributed by atoms with van der Waals surface area (Å²) in [6.07, 6.45) is 2.45. The van der Waals surface area contributed by atoms with Gasteiger partial charge in [-0.15, -0.1) is 0 Å². The number of halogens is 1. The number of carbonyl (C=O) groups is 1. The molecule has 166 valence electrons. The summed E-state index contributed by atoms with van der Waals surface area (Å²) in [6, 6.07) is 9.34. The van der Waals surface area contributed by atoms with E-state index in [1.165, 1.54) is 6.33 Å². The molecule has 8 nitrogen and oxygen atoms in total. The van der Waals surface area contributed by atoms with Crippen LogP contribution in [-0.4, -0.2) is 48.5 Å². The minimum Gasteiger partial charge on any atom is -0.494 e. The van der Waals surface area contributed by atoms with Crippen LogP contribution in [0.1, 0.15) is 18.4 Å². The van der Waals surface area contributed by atoms with Crippen molar-refractivity contribution in [3.63, 3.8) is 0 Å². The number of fused-ring (bicyclic) bond motifs is 1. The third-order valence-corrected chi connectivity index (χ3v) is 6.53. The highest BCUT2D eigenvalue weighted by Crippen LogP contribution is 2.41. The largest absolute Gasteiger partial charge is 0.494 e. The van der Waals surface area contributed by atoms with Crippen molar-refractivity contribution in [1.29, 1.82) is 0 Å². The van der Waals surface area contributed by atoms with E-state index in [-0.39, 0.29) is 6.09 Å². The Labute approximate surface area is 190 Å². The van der Waals surface area contributed by atoms with Crippen LogP contribution >= 0.6 is 11.6 Å². The number of hydrogen-bond donors (Lipinski definition) is 1. The van der Waals surface area contributed by atoms with E-state index in [1.807, 2.05) is 37.3 Å². The van der Waals surface area contributed by atoms with E-state index >= 15 is 0 Å². The molecule has 3 aromatic rings. The standard InChI is InChI=1S/C23H23ClN4O4/c1-14-16(24)4-3-5-17(14)27-21-15-10-19(20(30-2)11-18(15)25-13-26-21)28-12-23(32-22(28)29)6-8-31-9-7-23/h3-5,10-11,13H,6-9,12H2,1-2H3,(H,25,26,27). The van der Waals surface area contributed by atoms with Gasteiger partial charge in [0.05, 0.1) is 38.1 Å². The topological polar surface area (TPSA) is 85.8 Å². The molecule has 2 fully saturated rings. The highest BCUT2D eigenvalue weighted by molar-refractivity contribution is 6.31. The van der Waals surface area contributed by atoms with E-state index in [1.54, 1.807) is 12.0 Å². The van der Waals surface area contributed by atoms with Crippen LogP contribution in [0.3, 0.4) is 0 Å². The maximum atomic E-state index is 12.9. The van der Waals surface area contributed by atoms with Crippen molar-refractivity contribution < 1.29 is 19.0 Å². The molecule has 3 heterocycles. The van der Waals surface area contributed by atoms with Crippen LogP contribution in [0.5, 0.6) is 5.75 Å². The molecule has 2 aromatic carbocycles. The minimum absolute atomic E-state index is 0.387. The maximum absolute atomic E-state index is 12.9. The summed E-state index contributed by atoms with van der Waals surface area (Å²) in [6.45, 7) is 3.55. The molecular formula is C23H23ClN4O4. The number of methoxy groups -OCH3 is 1. The number of carbonyl (C=O) groups excluding carboxylic acids is 1. The molecule has 0 bridgehead atoms. The first-order valence-corrected chi connectivity index (χ1v) is 10.8. The number of ether oxygens (including phenoxy) is 3. The molecule has 2 aliphatic heterocycles. The van der Waals surface area contributed by atoms with Gasteiger partial charge in [0, 0.05) is 35.0 Å². The number of benzene rings is 2. The first-order valence-electron chi connectivity index (χ1n) is 10.4. The van der Waals surface area contributed by atoms with Gasteiger partial charge in [-0.2, -0.15) is 0 Å². The van der Waals surface area contributed by atoms with Gasteiger partial charge in [-0.1, -0.05) is 17.7 Å². The number of nitrogens with zero attached hydrogens (tertiary/aromatic N) is 3. The van der Waals surface area contributed by atoms with Gasteiger partial charge in [0.25, 0.3) is 0 Å². The summed E-state index contributed by atoms with van der Waals surface area (Å²) in [5, 5.41) is 4.77. The van der Waals surface area contributed by atoms with Crippen LogP contribution in [0.2, 0.25) is 5.02 Å². The second-order valence-corrected chi connectivity index (χ2v) is 8.46. The lowest BCUT2D eigenvalue weighted by atomic mass is 9.94. The van der Waals surface area contributed by atoms with E-state index in [9.17, 15) is 4.79 Å². The van der Waals surface area contributed by atoms with Gasteiger partial charge < -0.3 is 19.5 Å². The van der Waals surface area contributed by atoms with Gasteiger partial charge in [-0.25, -0.2) is 14.8 Å². The van der Waals surface area contributed by atoms with Crippen molar-refractivity contribution in [1.82, 2.24) is 9.97 Å². The average molecular weight is 455 g/mol. The van der Waals surface area contributed by atoms with Crippen molar-refractivity contribution in [2.75, 3.05) is 37.1 Å². The summed E-state index contributed by atoms with van der Waals surface area (Å²) in [5.41, 5.74) is 2.54. The van der Waals surface area contributed by atoms with Crippen molar-refractivity contribution in [3.8, 4) is 5.75 Å². The Kier molecular flexibility index (Phi) is 5.27. The first kappa shape index (κ1) is 20.8. The van der Waals surface area contributed by atoms with E-state index in [0.717, 1.165) is 16.6 Å². The Morgan fingerprint density at radius 3 is 2.81 bits per heavy atom. The molecule has 0 unspecified atom stereocenters. The maximum Gasteiger partial charge on any atom is 0.415 e. The molecule has 0 atom stereocenters. The average Bonchev–Trinajstić information content (AvgIpc) is 3.11. The van der Waals surface area contributed by atoms with Gasteiger partial charge >= 0.3 is 6.09 Å². The highest BCUT2D eigenvalue weighted by Gasteiger charge is 2.47. The monoisotopic (exact) mass is 454 g/mol. The smallest absolute Gasteiger partial charge is 0.415 e. The van der Waals surface area contributed by atoms with Gasteiger partial charge in [0.1, 0.15) is 23.5 Å². The van der Waals surface area contributed by atoms with Crippen molar-refractivity contribution in [2.45, 2.75) is 25.4 Å². The fourth-order valence-corrected chi connectivity index (χ4v) is 4.40. The van der Waals surface area contributed by atoms with E-state index in [2.05, 4.69) is 15.3 Å². The van der Waals surface area contributed by atoms with E-state index in [4.69, 9.17) is 25.8 Å². The molecule has 2 aliphatic rings. The molecule has 5 rings (SSSR count). The summed E-state index contributed by atoms with van der Waals surface area (Å²) >= 11 is 6.28. The zero-order valence-corrected chi connectivity index (χ0v) is 18.6. The van der Waals surface area contributed by atoms with Gasteiger partial charge in [0.2, 0.25) is 0 Å². The third-order valence-electron chi connectivity index (χ3n) is 6.12. The van der Waals surface area contributed by atoms with Gasteiger partial charge in [-0.05, 0) is 30.7 Å². The molecular weight excluding hydrogens is 432 g/mol. The van der Waals surface area contributed by atoms with Crippen LogP contribution in [0, 0.1) is 6.92 Å². The number of anilines is 3. The number of rotatable bonds is 4. The lowest BCUT2D eigenvalue weighted by Crippen LogP contribution is -2.40. The number of aromatic nitrogens is 2. The molecule has 1 N–H and O–H groups in total.